The Hall–Kier alpha value is 0.01000. The summed E-state index contributed by atoms with van der Waals surface area (Å²) in [7, 11) is 0. The predicted octanol–water partition coefficient (Wildman–Crippen LogP) is 3.15. The molecule has 0 saturated carbocycles. The Morgan fingerprint density at radius 3 is 2.71 bits per heavy atom. The van der Waals surface area contributed by atoms with Gasteiger partial charge >= 0.3 is 0 Å². The molecule has 1 N–H and O–H groups in total. The molecule has 1 aromatic heterocycles. The summed E-state index contributed by atoms with van der Waals surface area (Å²) in [6.45, 7) is 5.47. The lowest BCUT2D eigenvalue weighted by molar-refractivity contribution is 0.601. The van der Waals surface area contributed by atoms with E-state index in [1.807, 2.05) is 23.1 Å². The molecule has 0 aliphatic carbocycles. The summed E-state index contributed by atoms with van der Waals surface area (Å²) in [5.74, 6) is 1.19. The van der Waals surface area contributed by atoms with Crippen molar-refractivity contribution >= 4 is 23.1 Å². The van der Waals surface area contributed by atoms with E-state index < -0.39 is 0 Å². The molecule has 0 aliphatic rings. The molecule has 0 aliphatic heterocycles. The van der Waals surface area contributed by atoms with E-state index in [4.69, 9.17) is 0 Å². The van der Waals surface area contributed by atoms with Crippen LogP contribution < -0.4 is 5.32 Å². The Balaban J connectivity index is 2.30. The lowest BCUT2D eigenvalue weighted by Crippen LogP contribution is -2.27. The van der Waals surface area contributed by atoms with Gasteiger partial charge in [0, 0.05) is 28.1 Å². The van der Waals surface area contributed by atoms with Gasteiger partial charge in [-0.05, 0) is 31.7 Å². The van der Waals surface area contributed by atoms with E-state index >= 15 is 0 Å². The van der Waals surface area contributed by atoms with Crippen LogP contribution in [0, 0.1) is 0 Å². The van der Waals surface area contributed by atoms with Gasteiger partial charge in [0.25, 0.3) is 0 Å². The molecule has 14 heavy (non-hydrogen) atoms. The number of nitrogens with one attached hydrogen (secondary N) is 1. The van der Waals surface area contributed by atoms with Crippen molar-refractivity contribution in [3.8, 4) is 0 Å². The molecule has 3 heteroatoms. The largest absolute Gasteiger partial charge is 0.309 e. The van der Waals surface area contributed by atoms with Crippen LogP contribution in [0.1, 0.15) is 23.6 Å². The minimum absolute atomic E-state index is 0.608. The smallest absolute Gasteiger partial charge is 0.0302 e. The number of thiophene rings is 1. The molecule has 0 aromatic carbocycles. The maximum absolute atomic E-state index is 3.53. The van der Waals surface area contributed by atoms with Gasteiger partial charge in [-0.2, -0.15) is 11.8 Å². The second kappa shape index (κ2) is 6.49. The first-order valence-electron chi connectivity index (χ1n) is 5.06. The number of rotatable bonds is 6. The normalized spacial score (nSPS) is 13.1. The Morgan fingerprint density at radius 1 is 1.43 bits per heavy atom. The molecular weight excluding hydrogens is 210 g/mol. The van der Waals surface area contributed by atoms with Gasteiger partial charge in [0.1, 0.15) is 0 Å². The van der Waals surface area contributed by atoms with E-state index in [0.29, 0.717) is 6.04 Å². The minimum Gasteiger partial charge on any atom is -0.309 e. The minimum atomic E-state index is 0.608. The molecule has 1 unspecified atom stereocenters. The molecule has 0 radical (unpaired) electrons. The quantitative estimate of drug-likeness (QED) is 0.804. The highest BCUT2D eigenvalue weighted by atomic mass is 32.2. The van der Waals surface area contributed by atoms with Crippen molar-refractivity contribution in [3.63, 3.8) is 0 Å². The standard InChI is InChI=1S/C11H19NS2/c1-4-10-5-6-11(14-10)7-12-9(2)8-13-3/h5-6,9,12H,4,7-8H2,1-3H3. The molecule has 0 spiro atoms. The molecule has 0 amide bonds. The van der Waals surface area contributed by atoms with Gasteiger partial charge in [0.2, 0.25) is 0 Å². The fourth-order valence-corrected chi connectivity index (χ4v) is 2.82. The lowest BCUT2D eigenvalue weighted by Gasteiger charge is -2.10. The molecule has 0 bridgehead atoms. The fourth-order valence-electron chi connectivity index (χ4n) is 1.29. The van der Waals surface area contributed by atoms with Crippen LogP contribution in [0.2, 0.25) is 0 Å². The van der Waals surface area contributed by atoms with E-state index in [9.17, 15) is 0 Å². The summed E-state index contributed by atoms with van der Waals surface area (Å²) in [6.07, 6.45) is 3.31. The average molecular weight is 229 g/mol. The number of hydrogen-bond acceptors (Lipinski definition) is 3. The molecule has 1 nitrogen and oxygen atoms in total. The highest BCUT2D eigenvalue weighted by Gasteiger charge is 2.02. The van der Waals surface area contributed by atoms with Crippen LogP contribution in [0.15, 0.2) is 12.1 Å². The van der Waals surface area contributed by atoms with Crippen molar-refractivity contribution < 1.29 is 0 Å². The van der Waals surface area contributed by atoms with Crippen molar-refractivity contribution in [2.45, 2.75) is 32.9 Å². The van der Waals surface area contributed by atoms with Crippen LogP contribution in [0.25, 0.3) is 0 Å². The zero-order valence-electron chi connectivity index (χ0n) is 9.17. The van der Waals surface area contributed by atoms with Gasteiger partial charge in [-0.25, -0.2) is 0 Å². The van der Waals surface area contributed by atoms with Crippen molar-refractivity contribution in [3.05, 3.63) is 21.9 Å². The first-order valence-corrected chi connectivity index (χ1v) is 7.27. The first kappa shape index (κ1) is 12.1. The molecule has 80 valence electrons. The second-order valence-corrected chi connectivity index (χ2v) is 5.62. The molecule has 1 atom stereocenters. The average Bonchev–Trinajstić information content (AvgIpc) is 2.63. The molecule has 1 heterocycles. The topological polar surface area (TPSA) is 12.0 Å². The van der Waals surface area contributed by atoms with E-state index in [-0.39, 0.29) is 0 Å². The second-order valence-electron chi connectivity index (χ2n) is 3.46. The Kier molecular flexibility index (Phi) is 5.60. The number of thioether (sulfide) groups is 1. The summed E-state index contributed by atoms with van der Waals surface area (Å²) in [6, 6.07) is 5.08. The molecule has 1 aromatic rings. The van der Waals surface area contributed by atoms with Crippen LogP contribution >= 0.6 is 23.1 Å². The van der Waals surface area contributed by atoms with Crippen molar-refractivity contribution in [1.29, 1.82) is 0 Å². The van der Waals surface area contributed by atoms with Gasteiger partial charge in [-0.3, -0.25) is 0 Å². The third-order valence-electron chi connectivity index (χ3n) is 2.11. The molecule has 0 saturated heterocycles. The highest BCUT2D eigenvalue weighted by molar-refractivity contribution is 7.98. The van der Waals surface area contributed by atoms with Crippen LogP contribution in [-0.2, 0) is 13.0 Å². The fraction of sp³-hybridized carbons (Fsp3) is 0.636. The van der Waals surface area contributed by atoms with Crippen LogP contribution in [0.5, 0.6) is 0 Å². The highest BCUT2D eigenvalue weighted by Crippen LogP contribution is 2.16. The Bertz CT molecular complexity index is 258. The van der Waals surface area contributed by atoms with E-state index in [1.165, 1.54) is 15.5 Å². The van der Waals surface area contributed by atoms with Gasteiger partial charge in [-0.15, -0.1) is 11.3 Å². The number of aryl methyl sites for hydroxylation is 1. The summed E-state index contributed by atoms with van der Waals surface area (Å²) in [5, 5.41) is 3.53. The van der Waals surface area contributed by atoms with Gasteiger partial charge in [0.05, 0.1) is 0 Å². The van der Waals surface area contributed by atoms with Crippen LogP contribution in [-0.4, -0.2) is 18.1 Å². The maximum atomic E-state index is 3.53. The summed E-state index contributed by atoms with van der Waals surface area (Å²) in [5.41, 5.74) is 0. The number of hydrogen-bond donors (Lipinski definition) is 1. The van der Waals surface area contributed by atoms with E-state index in [0.717, 1.165) is 13.0 Å². The summed E-state index contributed by atoms with van der Waals surface area (Å²) >= 11 is 3.82. The van der Waals surface area contributed by atoms with Crippen molar-refractivity contribution in [1.82, 2.24) is 5.32 Å². The third-order valence-corrected chi connectivity index (χ3v) is 4.17. The van der Waals surface area contributed by atoms with E-state index in [1.54, 1.807) is 0 Å². The third kappa shape index (κ3) is 4.03. The molecule has 0 fully saturated rings. The van der Waals surface area contributed by atoms with Gasteiger partial charge in [-0.1, -0.05) is 6.92 Å². The Morgan fingerprint density at radius 2 is 2.14 bits per heavy atom. The van der Waals surface area contributed by atoms with Gasteiger partial charge in [0.15, 0.2) is 0 Å². The zero-order valence-corrected chi connectivity index (χ0v) is 10.8. The first-order chi connectivity index (χ1) is 6.76. The zero-order chi connectivity index (χ0) is 10.4. The molecule has 1 rings (SSSR count). The van der Waals surface area contributed by atoms with Crippen molar-refractivity contribution in [2.24, 2.45) is 0 Å². The summed E-state index contributed by atoms with van der Waals surface area (Å²) in [4.78, 5) is 2.94. The SMILES string of the molecule is CCc1ccc(CNC(C)CSC)s1. The predicted molar refractivity (Wildman–Crippen MR) is 68.4 cm³/mol. The Labute approximate surface area is 95.3 Å². The van der Waals surface area contributed by atoms with Gasteiger partial charge < -0.3 is 5.32 Å². The molecular formula is C11H19NS2. The van der Waals surface area contributed by atoms with Crippen LogP contribution in [0.3, 0.4) is 0 Å². The van der Waals surface area contributed by atoms with E-state index in [2.05, 4.69) is 37.6 Å². The van der Waals surface area contributed by atoms with Crippen molar-refractivity contribution in [2.75, 3.05) is 12.0 Å². The van der Waals surface area contributed by atoms with Crippen LogP contribution in [0.4, 0.5) is 0 Å². The monoisotopic (exact) mass is 229 g/mol. The summed E-state index contributed by atoms with van der Waals surface area (Å²) < 4.78 is 0. The maximum Gasteiger partial charge on any atom is 0.0302 e. The lowest BCUT2D eigenvalue weighted by atomic mass is 10.3.